The van der Waals surface area contributed by atoms with Gasteiger partial charge in [0.15, 0.2) is 0 Å². The molecular weight excluding hydrogens is 376 g/mol. The molecule has 0 spiro atoms. The highest BCUT2D eigenvalue weighted by Crippen LogP contribution is 2.31. The van der Waals surface area contributed by atoms with Gasteiger partial charge in [0.2, 0.25) is 0 Å². The minimum atomic E-state index is 0.646. The third-order valence-electron chi connectivity index (χ3n) is 5.13. The lowest BCUT2D eigenvalue weighted by atomic mass is 10.1. The quantitative estimate of drug-likeness (QED) is 0.446. The maximum atomic E-state index is 5.75. The Balaban J connectivity index is 1.47. The molecule has 1 aromatic carbocycles. The van der Waals surface area contributed by atoms with Crippen molar-refractivity contribution in [3.05, 3.63) is 72.4 Å². The van der Waals surface area contributed by atoms with Gasteiger partial charge in [0.1, 0.15) is 11.4 Å². The number of H-pyrrole nitrogens is 2. The van der Waals surface area contributed by atoms with Crippen molar-refractivity contribution < 1.29 is 4.74 Å². The van der Waals surface area contributed by atoms with E-state index < -0.39 is 0 Å². The fraction of sp³-hybridized carbons (Fsp3) is 0.174. The number of aryl methyl sites for hydroxylation is 1. The van der Waals surface area contributed by atoms with Crippen LogP contribution in [-0.4, -0.2) is 36.6 Å². The van der Waals surface area contributed by atoms with Gasteiger partial charge in [-0.05, 0) is 25.1 Å². The summed E-state index contributed by atoms with van der Waals surface area (Å²) in [5.74, 6) is 0.911. The normalized spacial score (nSPS) is 11.3. The third kappa shape index (κ3) is 3.34. The molecule has 7 nitrogen and oxygen atoms in total. The van der Waals surface area contributed by atoms with Crippen molar-refractivity contribution in [3.8, 4) is 28.1 Å². The fourth-order valence-corrected chi connectivity index (χ4v) is 3.68. The molecule has 0 aliphatic rings. The van der Waals surface area contributed by atoms with E-state index in [1.54, 1.807) is 4.68 Å². The summed E-state index contributed by atoms with van der Waals surface area (Å²) in [4.78, 5) is 7.82. The molecule has 0 atom stereocenters. The minimum Gasteiger partial charge on any atom is -0.494 e. The zero-order chi connectivity index (χ0) is 20.5. The summed E-state index contributed by atoms with van der Waals surface area (Å²) in [6.07, 6.45) is 8.37. The number of aromatic nitrogens is 6. The Hall–Kier alpha value is -3.87. The molecule has 0 fully saturated rings. The Morgan fingerprint density at radius 2 is 2.00 bits per heavy atom. The third-order valence-corrected chi connectivity index (χ3v) is 5.13. The highest BCUT2D eigenvalue weighted by molar-refractivity contribution is 5.94. The number of aromatic amines is 2. The van der Waals surface area contributed by atoms with Crippen molar-refractivity contribution in [1.82, 2.24) is 29.9 Å². The summed E-state index contributed by atoms with van der Waals surface area (Å²) < 4.78 is 7.54. The Bertz CT molecular complexity index is 1310. The Morgan fingerprint density at radius 1 is 1.10 bits per heavy atom. The molecular formula is C23H22N6O. The number of nitrogens with one attached hydrogen (secondary N) is 2. The number of hydrogen-bond donors (Lipinski definition) is 2. The van der Waals surface area contributed by atoms with E-state index in [1.165, 1.54) is 0 Å². The summed E-state index contributed by atoms with van der Waals surface area (Å²) >= 11 is 0. The molecule has 0 saturated carbocycles. The van der Waals surface area contributed by atoms with Crippen LogP contribution in [0.15, 0.2) is 61.2 Å². The maximum absolute atomic E-state index is 5.75. The molecule has 5 rings (SSSR count). The van der Waals surface area contributed by atoms with Crippen LogP contribution in [-0.2, 0) is 13.5 Å². The van der Waals surface area contributed by atoms with E-state index in [1.807, 2.05) is 57.0 Å². The van der Waals surface area contributed by atoms with Crippen molar-refractivity contribution in [2.45, 2.75) is 13.3 Å². The molecule has 0 bridgehead atoms. The van der Waals surface area contributed by atoms with E-state index in [9.17, 15) is 0 Å². The highest BCUT2D eigenvalue weighted by atomic mass is 16.5. The summed E-state index contributed by atoms with van der Waals surface area (Å²) in [6, 6.07) is 12.3. The average molecular weight is 398 g/mol. The molecule has 30 heavy (non-hydrogen) atoms. The van der Waals surface area contributed by atoms with Crippen LogP contribution in [0.1, 0.15) is 18.2 Å². The summed E-state index contributed by atoms with van der Waals surface area (Å²) in [5, 5.41) is 13.0. The predicted molar refractivity (Wildman–Crippen MR) is 116 cm³/mol. The van der Waals surface area contributed by atoms with Gasteiger partial charge in [-0.1, -0.05) is 18.2 Å². The van der Waals surface area contributed by atoms with Gasteiger partial charge < -0.3 is 9.72 Å². The van der Waals surface area contributed by atoms with Crippen molar-refractivity contribution >= 4 is 11.0 Å². The topological polar surface area (TPSA) is 84.4 Å². The largest absolute Gasteiger partial charge is 0.494 e. The summed E-state index contributed by atoms with van der Waals surface area (Å²) in [7, 11) is 1.91. The smallest absolute Gasteiger partial charge is 0.137 e. The van der Waals surface area contributed by atoms with Gasteiger partial charge in [-0.25, -0.2) is 4.98 Å². The van der Waals surface area contributed by atoms with E-state index in [2.05, 4.69) is 43.5 Å². The van der Waals surface area contributed by atoms with E-state index in [4.69, 9.17) is 4.74 Å². The second kappa shape index (κ2) is 7.51. The zero-order valence-corrected chi connectivity index (χ0v) is 16.9. The number of fused-ring (bicyclic) bond motifs is 1. The molecule has 7 heteroatoms. The van der Waals surface area contributed by atoms with Gasteiger partial charge in [0, 0.05) is 65.4 Å². The second-order valence-corrected chi connectivity index (χ2v) is 7.22. The van der Waals surface area contributed by atoms with Gasteiger partial charge in [-0.3, -0.25) is 9.78 Å². The van der Waals surface area contributed by atoms with Gasteiger partial charge in [0.25, 0.3) is 0 Å². The van der Waals surface area contributed by atoms with E-state index in [-0.39, 0.29) is 0 Å². The number of ether oxygens (including phenoxy) is 1. The van der Waals surface area contributed by atoms with Crippen LogP contribution in [0.25, 0.3) is 33.4 Å². The van der Waals surface area contributed by atoms with Crippen LogP contribution in [0.4, 0.5) is 0 Å². The summed E-state index contributed by atoms with van der Waals surface area (Å²) in [5.41, 5.74) is 6.96. The van der Waals surface area contributed by atoms with Crippen LogP contribution < -0.4 is 4.74 Å². The van der Waals surface area contributed by atoms with Gasteiger partial charge in [0.05, 0.1) is 18.5 Å². The van der Waals surface area contributed by atoms with E-state index in [0.29, 0.717) is 6.61 Å². The monoisotopic (exact) mass is 398 g/mol. The molecule has 4 heterocycles. The number of benzene rings is 1. The molecule has 4 aromatic heterocycles. The average Bonchev–Trinajstić information content (AvgIpc) is 3.48. The van der Waals surface area contributed by atoms with Gasteiger partial charge >= 0.3 is 0 Å². The lowest BCUT2D eigenvalue weighted by Gasteiger charge is -2.08. The first kappa shape index (κ1) is 18.2. The van der Waals surface area contributed by atoms with Crippen LogP contribution in [0.2, 0.25) is 0 Å². The minimum absolute atomic E-state index is 0.646. The van der Waals surface area contributed by atoms with E-state index in [0.717, 1.165) is 56.8 Å². The maximum Gasteiger partial charge on any atom is 0.137 e. The second-order valence-electron chi connectivity index (χ2n) is 7.22. The van der Waals surface area contributed by atoms with Crippen molar-refractivity contribution in [2.24, 2.45) is 7.05 Å². The Labute approximate surface area is 173 Å². The molecule has 0 saturated heterocycles. The number of rotatable bonds is 6. The van der Waals surface area contributed by atoms with Crippen molar-refractivity contribution in [2.75, 3.05) is 6.61 Å². The highest BCUT2D eigenvalue weighted by Gasteiger charge is 2.13. The molecule has 0 aliphatic heterocycles. The molecule has 0 aliphatic carbocycles. The Kier molecular flexibility index (Phi) is 4.55. The number of pyridine rings is 1. The first-order chi connectivity index (χ1) is 14.7. The van der Waals surface area contributed by atoms with Crippen LogP contribution in [0.5, 0.6) is 5.75 Å². The Morgan fingerprint density at radius 3 is 2.83 bits per heavy atom. The first-order valence-electron chi connectivity index (χ1n) is 9.93. The summed E-state index contributed by atoms with van der Waals surface area (Å²) in [6.45, 7) is 2.64. The van der Waals surface area contributed by atoms with Crippen LogP contribution in [0, 0.1) is 0 Å². The first-order valence-corrected chi connectivity index (χ1v) is 9.93. The molecule has 0 unspecified atom stereocenters. The molecule has 5 aromatic rings. The fourth-order valence-electron chi connectivity index (χ4n) is 3.68. The molecule has 0 amide bonds. The number of para-hydroxylation sites is 1. The lowest BCUT2D eigenvalue weighted by molar-refractivity contribution is 0.337. The van der Waals surface area contributed by atoms with Crippen LogP contribution in [0.3, 0.4) is 0 Å². The zero-order valence-electron chi connectivity index (χ0n) is 16.9. The number of hydrogen-bond acceptors (Lipinski definition) is 4. The molecule has 0 radical (unpaired) electrons. The van der Waals surface area contributed by atoms with Gasteiger partial charge in [-0.2, -0.15) is 10.2 Å². The number of nitrogens with zero attached hydrogens (tertiary/aromatic N) is 4. The van der Waals surface area contributed by atoms with Gasteiger partial charge in [-0.15, -0.1) is 0 Å². The molecule has 150 valence electrons. The van der Waals surface area contributed by atoms with Crippen LogP contribution >= 0.6 is 0 Å². The predicted octanol–water partition coefficient (Wildman–Crippen LogP) is 4.34. The lowest BCUT2D eigenvalue weighted by Crippen LogP contribution is -1.97. The van der Waals surface area contributed by atoms with E-state index >= 15 is 0 Å². The SMILES string of the molecule is CCOc1ccccc1Cc1cc(-c2c[nH]c3ncc(-c4cnn(C)c4)cc23)n[nH]1. The van der Waals surface area contributed by atoms with Crippen molar-refractivity contribution in [3.63, 3.8) is 0 Å². The standard InChI is InChI=1S/C23H22N6O/c1-3-30-22-7-5-4-6-15(22)8-18-10-21(28-27-18)20-13-25-23-19(20)9-16(11-24-23)17-12-26-29(2)14-17/h4-7,9-14H,3,8H2,1-2H3,(H,24,25)(H,27,28). The van der Waals surface area contributed by atoms with Crippen molar-refractivity contribution in [1.29, 1.82) is 0 Å². The molecule has 2 N–H and O–H groups in total.